The zero-order chi connectivity index (χ0) is 14.6. The molecule has 0 fully saturated rings. The van der Waals surface area contributed by atoms with Gasteiger partial charge in [-0.2, -0.15) is 0 Å². The Morgan fingerprint density at radius 2 is 1.89 bits per heavy atom. The van der Waals surface area contributed by atoms with Crippen LogP contribution in [0.15, 0.2) is 24.3 Å². The van der Waals surface area contributed by atoms with E-state index >= 15 is 0 Å². The van der Waals surface area contributed by atoms with Crippen LogP contribution in [-0.4, -0.2) is 23.0 Å². The van der Waals surface area contributed by atoms with Crippen molar-refractivity contribution in [1.29, 1.82) is 0 Å². The molecule has 0 heterocycles. The number of nitrogens with two attached hydrogens (primary N) is 1. The highest BCUT2D eigenvalue weighted by Gasteiger charge is 2.20. The molecule has 0 bridgehead atoms. The minimum absolute atomic E-state index is 0.112. The van der Waals surface area contributed by atoms with E-state index in [1.165, 1.54) is 0 Å². The third kappa shape index (κ3) is 4.37. The minimum atomic E-state index is -1.18. The van der Waals surface area contributed by atoms with Gasteiger partial charge in [0, 0.05) is 5.69 Å². The van der Waals surface area contributed by atoms with Gasteiger partial charge >= 0.3 is 5.97 Å². The molecule has 1 atom stereocenters. The Morgan fingerprint density at radius 1 is 1.32 bits per heavy atom. The Morgan fingerprint density at radius 3 is 2.42 bits per heavy atom. The second-order valence-electron chi connectivity index (χ2n) is 5.49. The van der Waals surface area contributed by atoms with Crippen molar-refractivity contribution in [3.8, 4) is 0 Å². The maximum atomic E-state index is 11.8. The second-order valence-corrected chi connectivity index (χ2v) is 5.49. The maximum absolute atomic E-state index is 11.8. The van der Waals surface area contributed by atoms with Crippen molar-refractivity contribution in [2.75, 3.05) is 5.32 Å². The molecule has 0 saturated heterocycles. The van der Waals surface area contributed by atoms with Crippen molar-refractivity contribution in [2.45, 2.75) is 38.6 Å². The summed E-state index contributed by atoms with van der Waals surface area (Å²) in [6.07, 6.45) is -0.242. The molecule has 0 aromatic heterocycles. The van der Waals surface area contributed by atoms with Crippen molar-refractivity contribution in [2.24, 2.45) is 5.73 Å². The fourth-order valence-electron chi connectivity index (χ4n) is 1.73. The van der Waals surface area contributed by atoms with E-state index in [4.69, 9.17) is 10.8 Å². The minimum Gasteiger partial charge on any atom is -0.480 e. The number of hydrogen-bond acceptors (Lipinski definition) is 3. The summed E-state index contributed by atoms with van der Waals surface area (Å²) in [5, 5.41) is 11.4. The fraction of sp³-hybridized carbons (Fsp3) is 0.429. The Hall–Kier alpha value is -1.88. The lowest BCUT2D eigenvalue weighted by atomic mass is 9.86. The van der Waals surface area contributed by atoms with Crippen LogP contribution in [0.25, 0.3) is 0 Å². The number of carboxylic acid groups (broad SMARTS) is 1. The molecule has 1 amide bonds. The van der Waals surface area contributed by atoms with Crippen LogP contribution in [0.5, 0.6) is 0 Å². The molecular weight excluding hydrogens is 244 g/mol. The Kier molecular flexibility index (Phi) is 4.67. The van der Waals surface area contributed by atoms with Gasteiger partial charge in [-0.3, -0.25) is 9.59 Å². The predicted molar refractivity (Wildman–Crippen MR) is 74.0 cm³/mol. The number of amides is 1. The van der Waals surface area contributed by atoms with Crippen molar-refractivity contribution in [1.82, 2.24) is 0 Å². The smallest absolute Gasteiger partial charge is 0.321 e. The lowest BCUT2D eigenvalue weighted by molar-refractivity contribution is -0.140. The van der Waals surface area contributed by atoms with Gasteiger partial charge in [-0.1, -0.05) is 39.0 Å². The van der Waals surface area contributed by atoms with Gasteiger partial charge in [-0.05, 0) is 17.0 Å². The summed E-state index contributed by atoms with van der Waals surface area (Å²) in [5.41, 5.74) is 6.91. The van der Waals surface area contributed by atoms with Crippen molar-refractivity contribution >= 4 is 17.6 Å². The zero-order valence-corrected chi connectivity index (χ0v) is 11.4. The summed E-state index contributed by atoms with van der Waals surface area (Å²) < 4.78 is 0. The molecule has 0 radical (unpaired) electrons. The molecule has 0 spiro atoms. The molecule has 1 unspecified atom stereocenters. The first-order valence-electron chi connectivity index (χ1n) is 6.09. The average Bonchev–Trinajstić information content (AvgIpc) is 2.27. The first kappa shape index (κ1) is 15.2. The number of hydrogen-bond donors (Lipinski definition) is 3. The van der Waals surface area contributed by atoms with E-state index in [1.807, 2.05) is 39.0 Å². The number of benzene rings is 1. The number of carboxylic acids is 1. The Balaban J connectivity index is 2.83. The molecule has 0 saturated carbocycles. The number of carbonyl (C=O) groups is 2. The normalized spacial score (nSPS) is 12.8. The third-order valence-corrected chi connectivity index (χ3v) is 2.73. The van der Waals surface area contributed by atoms with Gasteiger partial charge in [0.1, 0.15) is 6.04 Å². The molecule has 0 aliphatic carbocycles. The quantitative estimate of drug-likeness (QED) is 0.772. The fourth-order valence-corrected chi connectivity index (χ4v) is 1.73. The summed E-state index contributed by atoms with van der Waals surface area (Å²) in [4.78, 5) is 22.4. The second kappa shape index (κ2) is 5.84. The summed E-state index contributed by atoms with van der Waals surface area (Å²) in [5.74, 6) is -1.58. The van der Waals surface area contributed by atoms with Crippen molar-refractivity contribution < 1.29 is 14.7 Å². The molecule has 0 aliphatic rings. The van der Waals surface area contributed by atoms with Crippen LogP contribution in [0.1, 0.15) is 32.8 Å². The highest BCUT2D eigenvalue weighted by atomic mass is 16.4. The lowest BCUT2D eigenvalue weighted by Crippen LogP contribution is -2.34. The van der Waals surface area contributed by atoms with Crippen LogP contribution in [0.4, 0.5) is 5.69 Å². The number of para-hydroxylation sites is 1. The highest BCUT2D eigenvalue weighted by molar-refractivity contribution is 5.94. The van der Waals surface area contributed by atoms with Gasteiger partial charge in [0.15, 0.2) is 0 Å². The van der Waals surface area contributed by atoms with Crippen molar-refractivity contribution in [3.63, 3.8) is 0 Å². The topological polar surface area (TPSA) is 92.4 Å². The molecule has 1 aromatic rings. The van der Waals surface area contributed by atoms with Crippen LogP contribution < -0.4 is 11.1 Å². The first-order valence-corrected chi connectivity index (χ1v) is 6.09. The first-order chi connectivity index (χ1) is 8.71. The number of rotatable bonds is 4. The van der Waals surface area contributed by atoms with Gasteiger partial charge < -0.3 is 16.2 Å². The summed E-state index contributed by atoms with van der Waals surface area (Å²) in [6, 6.07) is 6.28. The summed E-state index contributed by atoms with van der Waals surface area (Å²) in [7, 11) is 0. The standard InChI is InChI=1S/C14H20N2O3/c1-14(2,3)9-6-4-5-7-11(9)16-12(17)8-10(15)13(18)19/h4-7,10H,8,15H2,1-3H3,(H,16,17)(H,18,19). The van der Waals surface area contributed by atoms with E-state index < -0.39 is 17.9 Å². The number of anilines is 1. The lowest BCUT2D eigenvalue weighted by Gasteiger charge is -2.23. The van der Waals surface area contributed by atoms with Crippen LogP contribution in [0.3, 0.4) is 0 Å². The molecule has 19 heavy (non-hydrogen) atoms. The zero-order valence-electron chi connectivity index (χ0n) is 11.4. The summed E-state index contributed by atoms with van der Waals surface area (Å²) >= 11 is 0. The van der Waals surface area contributed by atoms with Gasteiger partial charge in [-0.25, -0.2) is 0 Å². The Labute approximate surface area is 112 Å². The monoisotopic (exact) mass is 264 g/mol. The van der Waals surface area contributed by atoms with E-state index in [0.717, 1.165) is 5.56 Å². The highest BCUT2D eigenvalue weighted by Crippen LogP contribution is 2.29. The Bertz CT molecular complexity index is 478. The molecule has 1 aromatic carbocycles. The van der Waals surface area contributed by atoms with Gasteiger partial charge in [0.2, 0.25) is 5.91 Å². The molecular formula is C14H20N2O3. The van der Waals surface area contributed by atoms with E-state index in [0.29, 0.717) is 5.69 Å². The van der Waals surface area contributed by atoms with E-state index in [1.54, 1.807) is 6.07 Å². The summed E-state index contributed by atoms with van der Waals surface area (Å²) in [6.45, 7) is 6.13. The predicted octanol–water partition coefficient (Wildman–Crippen LogP) is 1.72. The van der Waals surface area contributed by atoms with Gasteiger partial charge in [0.25, 0.3) is 0 Å². The number of carbonyl (C=O) groups excluding carboxylic acids is 1. The van der Waals surface area contributed by atoms with Gasteiger partial charge in [0.05, 0.1) is 6.42 Å². The third-order valence-electron chi connectivity index (χ3n) is 2.73. The van der Waals surface area contributed by atoms with E-state index in [2.05, 4.69) is 5.32 Å². The molecule has 5 nitrogen and oxygen atoms in total. The van der Waals surface area contributed by atoms with E-state index in [9.17, 15) is 9.59 Å². The largest absolute Gasteiger partial charge is 0.480 e. The van der Waals surface area contributed by atoms with Crippen LogP contribution in [0, 0.1) is 0 Å². The van der Waals surface area contributed by atoms with Crippen molar-refractivity contribution in [3.05, 3.63) is 29.8 Å². The molecule has 1 rings (SSSR count). The van der Waals surface area contributed by atoms with E-state index in [-0.39, 0.29) is 11.8 Å². The number of nitrogens with one attached hydrogen (secondary N) is 1. The molecule has 4 N–H and O–H groups in total. The number of aliphatic carboxylic acids is 1. The van der Waals surface area contributed by atoms with Crippen LogP contribution in [0.2, 0.25) is 0 Å². The van der Waals surface area contributed by atoms with Gasteiger partial charge in [-0.15, -0.1) is 0 Å². The average molecular weight is 264 g/mol. The SMILES string of the molecule is CC(C)(C)c1ccccc1NC(=O)CC(N)C(=O)O. The molecule has 5 heteroatoms. The van der Waals surface area contributed by atoms with Crippen LogP contribution in [-0.2, 0) is 15.0 Å². The molecule has 0 aliphatic heterocycles. The maximum Gasteiger partial charge on any atom is 0.321 e. The van der Waals surface area contributed by atoms with Crippen LogP contribution >= 0.6 is 0 Å². The molecule has 104 valence electrons.